The number of hydrogen-bond donors (Lipinski definition) is 1. The number of nitrogens with two attached hydrogens (primary N) is 1. The number of benzene rings is 1. The number of hydrogen-bond acceptors (Lipinski definition) is 2. The maximum absolute atomic E-state index is 6.11. The van der Waals surface area contributed by atoms with E-state index in [0.717, 1.165) is 30.1 Å². The summed E-state index contributed by atoms with van der Waals surface area (Å²) in [5, 5.41) is 0.839. The fraction of sp³-hybridized carbons (Fsp3) is 0.500. The summed E-state index contributed by atoms with van der Waals surface area (Å²) in [5.74, 6) is 0. The lowest BCUT2D eigenvalue weighted by molar-refractivity contribution is 0.506. The van der Waals surface area contributed by atoms with Crippen molar-refractivity contribution in [2.45, 2.75) is 25.8 Å². The Morgan fingerprint density at radius 1 is 1.47 bits per heavy atom. The molecule has 1 aromatic rings. The summed E-state index contributed by atoms with van der Waals surface area (Å²) in [6, 6.07) is 6.53. The van der Waals surface area contributed by atoms with Crippen molar-refractivity contribution >= 4 is 17.3 Å². The third-order valence-corrected chi connectivity index (χ3v) is 3.39. The molecule has 0 saturated carbocycles. The number of aryl methyl sites for hydroxylation is 1. The summed E-state index contributed by atoms with van der Waals surface area (Å²) < 4.78 is 0. The molecule has 3 heteroatoms. The maximum Gasteiger partial charge on any atom is 0.0455 e. The summed E-state index contributed by atoms with van der Waals surface area (Å²) in [7, 11) is 0. The van der Waals surface area contributed by atoms with Crippen LogP contribution in [0.25, 0.3) is 0 Å². The number of halogens is 1. The van der Waals surface area contributed by atoms with E-state index in [9.17, 15) is 0 Å². The molecule has 0 amide bonds. The predicted molar refractivity (Wildman–Crippen MR) is 65.6 cm³/mol. The molecular weight excluding hydrogens is 208 g/mol. The van der Waals surface area contributed by atoms with Crippen molar-refractivity contribution in [1.29, 1.82) is 0 Å². The monoisotopic (exact) mass is 224 g/mol. The topological polar surface area (TPSA) is 29.3 Å². The first-order valence-electron chi connectivity index (χ1n) is 5.43. The van der Waals surface area contributed by atoms with E-state index in [1.54, 1.807) is 0 Å². The summed E-state index contributed by atoms with van der Waals surface area (Å²) in [6.45, 7) is 4.06. The molecular formula is C12H17ClN2. The van der Waals surface area contributed by atoms with Crippen molar-refractivity contribution in [2.75, 3.05) is 18.0 Å². The van der Waals surface area contributed by atoms with Gasteiger partial charge < -0.3 is 10.6 Å². The maximum atomic E-state index is 6.11. The fourth-order valence-corrected chi connectivity index (χ4v) is 2.20. The number of rotatable bonds is 1. The van der Waals surface area contributed by atoms with Gasteiger partial charge in [0.05, 0.1) is 0 Å². The van der Waals surface area contributed by atoms with Crippen molar-refractivity contribution in [3.63, 3.8) is 0 Å². The summed E-state index contributed by atoms with van der Waals surface area (Å²) >= 11 is 6.11. The minimum absolute atomic E-state index is 0.304. The highest BCUT2D eigenvalue weighted by Crippen LogP contribution is 2.25. The second kappa shape index (κ2) is 4.42. The highest BCUT2D eigenvalue weighted by Gasteiger charge is 2.17. The molecule has 15 heavy (non-hydrogen) atoms. The third-order valence-electron chi connectivity index (χ3n) is 2.98. The molecule has 82 valence electrons. The highest BCUT2D eigenvalue weighted by atomic mass is 35.5. The van der Waals surface area contributed by atoms with E-state index in [0.29, 0.717) is 6.04 Å². The largest absolute Gasteiger partial charge is 0.370 e. The standard InChI is InChI=1S/C12H17ClN2/c1-9-4-5-11(7-12(9)13)15-6-2-3-10(14)8-15/h4-5,7,10H,2-3,6,8,14H2,1H3. The molecule has 2 nitrogen and oxygen atoms in total. The SMILES string of the molecule is Cc1ccc(N2CCCC(N)C2)cc1Cl. The number of anilines is 1. The summed E-state index contributed by atoms with van der Waals surface area (Å²) in [4.78, 5) is 2.32. The van der Waals surface area contributed by atoms with Gasteiger partial charge in [-0.05, 0) is 37.5 Å². The van der Waals surface area contributed by atoms with Crippen molar-refractivity contribution in [3.05, 3.63) is 28.8 Å². The van der Waals surface area contributed by atoms with Crippen LogP contribution >= 0.6 is 11.6 Å². The van der Waals surface area contributed by atoms with Gasteiger partial charge in [0.15, 0.2) is 0 Å². The van der Waals surface area contributed by atoms with Gasteiger partial charge in [-0.15, -0.1) is 0 Å². The Bertz CT molecular complexity index is 351. The zero-order chi connectivity index (χ0) is 10.8. The molecule has 0 radical (unpaired) electrons. The van der Waals surface area contributed by atoms with Crippen LogP contribution in [0.2, 0.25) is 5.02 Å². The zero-order valence-electron chi connectivity index (χ0n) is 9.04. The number of piperidine rings is 1. The minimum atomic E-state index is 0.304. The van der Waals surface area contributed by atoms with Gasteiger partial charge in [-0.1, -0.05) is 17.7 Å². The average molecular weight is 225 g/mol. The normalized spacial score (nSPS) is 21.8. The van der Waals surface area contributed by atoms with E-state index in [4.69, 9.17) is 17.3 Å². The molecule has 1 atom stereocenters. The number of nitrogens with zero attached hydrogens (tertiary/aromatic N) is 1. The summed E-state index contributed by atoms with van der Waals surface area (Å²) in [6.07, 6.45) is 2.31. The summed E-state index contributed by atoms with van der Waals surface area (Å²) in [5.41, 5.74) is 8.28. The lowest BCUT2D eigenvalue weighted by atomic mass is 10.1. The van der Waals surface area contributed by atoms with E-state index in [1.807, 2.05) is 13.0 Å². The van der Waals surface area contributed by atoms with Gasteiger partial charge in [0.1, 0.15) is 0 Å². The molecule has 1 aliphatic rings. The average Bonchev–Trinajstić information content (AvgIpc) is 2.22. The van der Waals surface area contributed by atoms with Crippen LogP contribution < -0.4 is 10.6 Å². The molecule has 1 aliphatic heterocycles. The van der Waals surface area contributed by atoms with Gasteiger partial charge in [-0.25, -0.2) is 0 Å². The van der Waals surface area contributed by atoms with E-state index in [1.165, 1.54) is 12.1 Å². The Morgan fingerprint density at radius 2 is 2.27 bits per heavy atom. The van der Waals surface area contributed by atoms with Crippen LogP contribution in [-0.4, -0.2) is 19.1 Å². The lowest BCUT2D eigenvalue weighted by Crippen LogP contribution is -2.42. The van der Waals surface area contributed by atoms with Gasteiger partial charge in [0.2, 0.25) is 0 Å². The smallest absolute Gasteiger partial charge is 0.0455 e. The highest BCUT2D eigenvalue weighted by molar-refractivity contribution is 6.31. The Morgan fingerprint density at radius 3 is 2.93 bits per heavy atom. The second-order valence-electron chi connectivity index (χ2n) is 4.28. The van der Waals surface area contributed by atoms with Crippen LogP contribution in [-0.2, 0) is 0 Å². The van der Waals surface area contributed by atoms with Crippen LogP contribution in [0.1, 0.15) is 18.4 Å². The second-order valence-corrected chi connectivity index (χ2v) is 4.69. The minimum Gasteiger partial charge on any atom is -0.370 e. The Kier molecular flexibility index (Phi) is 3.17. The van der Waals surface area contributed by atoms with Crippen molar-refractivity contribution in [3.8, 4) is 0 Å². The Hall–Kier alpha value is -0.730. The molecule has 0 aromatic heterocycles. The zero-order valence-corrected chi connectivity index (χ0v) is 9.80. The third kappa shape index (κ3) is 2.44. The van der Waals surface area contributed by atoms with E-state index < -0.39 is 0 Å². The predicted octanol–water partition coefficient (Wildman–Crippen LogP) is 2.58. The molecule has 1 unspecified atom stereocenters. The first-order chi connectivity index (χ1) is 7.16. The van der Waals surface area contributed by atoms with Crippen molar-refractivity contribution in [1.82, 2.24) is 0 Å². The van der Waals surface area contributed by atoms with E-state index in [-0.39, 0.29) is 0 Å². The van der Waals surface area contributed by atoms with Crippen molar-refractivity contribution in [2.24, 2.45) is 5.73 Å². The van der Waals surface area contributed by atoms with E-state index >= 15 is 0 Å². The van der Waals surface area contributed by atoms with Gasteiger partial charge in [-0.2, -0.15) is 0 Å². The van der Waals surface area contributed by atoms with Crippen LogP contribution in [0.4, 0.5) is 5.69 Å². The molecule has 1 heterocycles. The molecule has 1 fully saturated rings. The molecule has 2 rings (SSSR count). The van der Waals surface area contributed by atoms with Gasteiger partial charge >= 0.3 is 0 Å². The van der Waals surface area contributed by atoms with Crippen molar-refractivity contribution < 1.29 is 0 Å². The van der Waals surface area contributed by atoms with Gasteiger partial charge in [0.25, 0.3) is 0 Å². The molecule has 1 saturated heterocycles. The van der Waals surface area contributed by atoms with Gasteiger partial charge in [-0.3, -0.25) is 0 Å². The quantitative estimate of drug-likeness (QED) is 0.795. The van der Waals surface area contributed by atoms with Crippen LogP contribution in [0, 0.1) is 6.92 Å². The van der Waals surface area contributed by atoms with E-state index in [2.05, 4.69) is 17.0 Å². The molecule has 0 bridgehead atoms. The Balaban J connectivity index is 2.18. The van der Waals surface area contributed by atoms with Gasteiger partial charge in [0, 0.05) is 29.8 Å². The lowest BCUT2D eigenvalue weighted by Gasteiger charge is -2.32. The van der Waals surface area contributed by atoms with Crippen LogP contribution in [0.3, 0.4) is 0 Å². The van der Waals surface area contributed by atoms with Crippen LogP contribution in [0.5, 0.6) is 0 Å². The first-order valence-corrected chi connectivity index (χ1v) is 5.81. The van der Waals surface area contributed by atoms with Crippen LogP contribution in [0.15, 0.2) is 18.2 Å². The Labute approximate surface area is 96.0 Å². The molecule has 2 N–H and O–H groups in total. The fourth-order valence-electron chi connectivity index (χ4n) is 2.02. The molecule has 1 aromatic carbocycles. The molecule has 0 aliphatic carbocycles. The first kappa shape index (κ1) is 10.8. The molecule has 0 spiro atoms.